The van der Waals surface area contributed by atoms with Crippen molar-refractivity contribution in [2.45, 2.75) is 39.5 Å². The third kappa shape index (κ3) is 4.49. The number of carboxylic acids is 1. The Morgan fingerprint density at radius 1 is 1.21 bits per heavy atom. The van der Waals surface area contributed by atoms with Gasteiger partial charge in [0.15, 0.2) is 0 Å². The number of amides is 1. The lowest BCUT2D eigenvalue weighted by Gasteiger charge is -2.11. The predicted molar refractivity (Wildman–Crippen MR) is 135 cm³/mol. The normalized spacial score (nSPS) is 13.3. The molecule has 2 heterocycles. The number of carboxylic acid groups (broad SMARTS) is 1. The molecule has 4 rings (SSSR count). The zero-order valence-electron chi connectivity index (χ0n) is 18.5. The number of rotatable bonds is 5. The van der Waals surface area contributed by atoms with Crippen LogP contribution in [0.15, 0.2) is 29.8 Å². The van der Waals surface area contributed by atoms with Gasteiger partial charge in [0.05, 0.1) is 16.3 Å². The van der Waals surface area contributed by atoms with E-state index < -0.39 is 11.9 Å². The number of carbonyl (C=O) groups is 2. The van der Waals surface area contributed by atoms with Gasteiger partial charge in [-0.05, 0) is 81.0 Å². The van der Waals surface area contributed by atoms with E-state index in [0.29, 0.717) is 26.8 Å². The summed E-state index contributed by atoms with van der Waals surface area (Å²) in [5.41, 5.74) is 3.77. The minimum Gasteiger partial charge on any atom is -0.478 e. The number of carbonyl (C=O) groups excluding carboxylic acids is 1. The molecule has 1 aliphatic carbocycles. The Kier molecular flexibility index (Phi) is 6.85. The Labute approximate surface area is 211 Å². The third-order valence-electron chi connectivity index (χ3n) is 5.88. The van der Waals surface area contributed by atoms with E-state index in [1.54, 1.807) is 12.1 Å². The number of nitrogens with one attached hydrogen (secondary N) is 1. The van der Waals surface area contributed by atoms with Crippen molar-refractivity contribution in [3.8, 4) is 11.1 Å². The van der Waals surface area contributed by atoms with E-state index in [0.717, 1.165) is 47.5 Å². The summed E-state index contributed by atoms with van der Waals surface area (Å²) in [6, 6.07) is 8.45. The fourth-order valence-electron chi connectivity index (χ4n) is 4.26. The summed E-state index contributed by atoms with van der Waals surface area (Å²) < 4.78 is 1.90. The Hall–Kier alpha value is -3.05. The van der Waals surface area contributed by atoms with Crippen LogP contribution in [0.25, 0.3) is 11.1 Å². The monoisotopic (exact) mass is 513 g/mol. The predicted octanol–water partition coefficient (Wildman–Crippen LogP) is 6.59. The SMILES string of the molecule is Cc1cc(/C=C(/C#N)C(=O)Nc2ccc(Cl)cc2Cl)c(C)n1-c1sc2c(c1C(=O)O)CCCC2. The van der Waals surface area contributed by atoms with Crippen LogP contribution in [0.5, 0.6) is 0 Å². The summed E-state index contributed by atoms with van der Waals surface area (Å²) >= 11 is 13.5. The average Bonchev–Trinajstić information content (AvgIpc) is 3.30. The fraction of sp³-hybridized carbons (Fsp3) is 0.240. The Morgan fingerprint density at radius 2 is 1.94 bits per heavy atom. The molecule has 0 atom stereocenters. The van der Waals surface area contributed by atoms with Crippen LogP contribution in [-0.2, 0) is 17.6 Å². The quantitative estimate of drug-likeness (QED) is 0.297. The standard InChI is InChI=1S/C25H21Cl2N3O3S/c1-13-9-15(10-16(12-28)23(31)29-20-8-7-17(26)11-19(20)27)14(2)30(13)24-22(25(32)33)18-5-3-4-6-21(18)34-24/h7-11H,3-6H2,1-2H3,(H,29,31)(H,32,33)/b16-10-. The number of nitriles is 1. The lowest BCUT2D eigenvalue weighted by Crippen LogP contribution is -2.13. The highest BCUT2D eigenvalue weighted by atomic mass is 35.5. The van der Waals surface area contributed by atoms with Crippen molar-refractivity contribution in [2.24, 2.45) is 0 Å². The second kappa shape index (κ2) is 9.67. The summed E-state index contributed by atoms with van der Waals surface area (Å²) in [4.78, 5) is 26.0. The van der Waals surface area contributed by atoms with Crippen molar-refractivity contribution in [3.63, 3.8) is 0 Å². The molecule has 0 radical (unpaired) electrons. The highest BCUT2D eigenvalue weighted by Gasteiger charge is 2.27. The van der Waals surface area contributed by atoms with Crippen LogP contribution in [0.4, 0.5) is 5.69 Å². The summed E-state index contributed by atoms with van der Waals surface area (Å²) in [5.74, 6) is -1.54. The molecule has 0 aliphatic heterocycles. The Morgan fingerprint density at radius 3 is 2.62 bits per heavy atom. The molecule has 0 unspecified atom stereocenters. The molecular weight excluding hydrogens is 493 g/mol. The highest BCUT2D eigenvalue weighted by molar-refractivity contribution is 7.15. The van der Waals surface area contributed by atoms with Gasteiger partial charge in [-0.2, -0.15) is 5.26 Å². The van der Waals surface area contributed by atoms with Crippen LogP contribution in [0, 0.1) is 25.2 Å². The van der Waals surface area contributed by atoms with Gasteiger partial charge in [-0.15, -0.1) is 11.3 Å². The van der Waals surface area contributed by atoms with Crippen LogP contribution in [0.1, 0.15) is 50.6 Å². The summed E-state index contributed by atoms with van der Waals surface area (Å²) in [6.45, 7) is 3.74. The smallest absolute Gasteiger partial charge is 0.339 e. The maximum absolute atomic E-state index is 12.8. The number of halogens is 2. The van der Waals surface area contributed by atoms with E-state index in [4.69, 9.17) is 23.2 Å². The first-order valence-electron chi connectivity index (χ1n) is 10.7. The van der Waals surface area contributed by atoms with Crippen molar-refractivity contribution in [2.75, 3.05) is 5.32 Å². The molecular formula is C25H21Cl2N3O3S. The average molecular weight is 514 g/mol. The van der Waals surface area contributed by atoms with E-state index in [9.17, 15) is 20.0 Å². The number of aromatic nitrogens is 1. The molecule has 3 aromatic rings. The maximum Gasteiger partial charge on any atom is 0.339 e. The highest BCUT2D eigenvalue weighted by Crippen LogP contribution is 2.39. The molecule has 0 saturated carbocycles. The molecule has 1 amide bonds. The van der Waals surface area contributed by atoms with Crippen molar-refractivity contribution >= 4 is 58.2 Å². The number of nitrogens with zero attached hydrogens (tertiary/aromatic N) is 2. The third-order valence-corrected chi connectivity index (χ3v) is 7.71. The first-order valence-corrected chi connectivity index (χ1v) is 12.2. The van der Waals surface area contributed by atoms with Gasteiger partial charge in [0.1, 0.15) is 16.6 Å². The van der Waals surface area contributed by atoms with Crippen LogP contribution in [-0.4, -0.2) is 21.6 Å². The number of thiophene rings is 1. The topological polar surface area (TPSA) is 95.1 Å². The number of hydrogen-bond acceptors (Lipinski definition) is 4. The number of hydrogen-bond donors (Lipinski definition) is 2. The zero-order chi connectivity index (χ0) is 24.6. The number of benzene rings is 1. The van der Waals surface area contributed by atoms with Gasteiger partial charge in [-0.25, -0.2) is 4.79 Å². The lowest BCUT2D eigenvalue weighted by atomic mass is 9.95. The van der Waals surface area contributed by atoms with E-state index in [-0.39, 0.29) is 10.6 Å². The number of aromatic carboxylic acids is 1. The van der Waals surface area contributed by atoms with Crippen molar-refractivity contribution in [1.82, 2.24) is 4.57 Å². The fourth-order valence-corrected chi connectivity index (χ4v) is 6.21. The summed E-state index contributed by atoms with van der Waals surface area (Å²) in [6.07, 6.45) is 5.21. The van der Waals surface area contributed by atoms with Crippen molar-refractivity contribution < 1.29 is 14.7 Å². The molecule has 6 nitrogen and oxygen atoms in total. The molecule has 1 aromatic carbocycles. The molecule has 0 spiro atoms. The first kappa shape index (κ1) is 24.1. The van der Waals surface area contributed by atoms with E-state index in [2.05, 4.69) is 5.32 Å². The van der Waals surface area contributed by atoms with Crippen molar-refractivity contribution in [1.29, 1.82) is 5.26 Å². The van der Waals surface area contributed by atoms with Gasteiger partial charge in [-0.3, -0.25) is 4.79 Å². The molecule has 0 fully saturated rings. The summed E-state index contributed by atoms with van der Waals surface area (Å²) in [5, 5.41) is 23.6. The van der Waals surface area contributed by atoms with E-state index >= 15 is 0 Å². The van der Waals surface area contributed by atoms with Crippen LogP contribution < -0.4 is 5.32 Å². The van der Waals surface area contributed by atoms with Gasteiger partial charge in [-0.1, -0.05) is 23.2 Å². The Balaban J connectivity index is 1.72. The molecule has 2 aromatic heterocycles. The van der Waals surface area contributed by atoms with E-state index in [1.807, 2.05) is 30.6 Å². The van der Waals surface area contributed by atoms with Crippen LogP contribution in [0.3, 0.4) is 0 Å². The number of fused-ring (bicyclic) bond motifs is 1. The minimum absolute atomic E-state index is 0.102. The molecule has 0 bridgehead atoms. The second-order valence-corrected chi connectivity index (χ2v) is 10.0. The van der Waals surface area contributed by atoms with Crippen molar-refractivity contribution in [3.05, 3.63) is 72.8 Å². The van der Waals surface area contributed by atoms with Gasteiger partial charge < -0.3 is 15.0 Å². The zero-order valence-corrected chi connectivity index (χ0v) is 20.9. The number of anilines is 1. The number of aryl methyl sites for hydroxylation is 2. The van der Waals surface area contributed by atoms with Gasteiger partial charge in [0.2, 0.25) is 0 Å². The van der Waals surface area contributed by atoms with Gasteiger partial charge >= 0.3 is 5.97 Å². The van der Waals surface area contributed by atoms with Gasteiger partial charge in [0.25, 0.3) is 5.91 Å². The molecule has 9 heteroatoms. The molecule has 1 aliphatic rings. The second-order valence-electron chi connectivity index (χ2n) is 8.11. The van der Waals surface area contributed by atoms with Crippen LogP contribution in [0.2, 0.25) is 10.0 Å². The Bertz CT molecular complexity index is 1400. The lowest BCUT2D eigenvalue weighted by molar-refractivity contribution is -0.112. The van der Waals surface area contributed by atoms with E-state index in [1.165, 1.54) is 23.5 Å². The minimum atomic E-state index is -0.934. The molecule has 174 valence electrons. The largest absolute Gasteiger partial charge is 0.478 e. The molecule has 2 N–H and O–H groups in total. The first-order chi connectivity index (χ1) is 16.2. The molecule has 0 saturated heterocycles. The maximum atomic E-state index is 12.8. The van der Waals surface area contributed by atoms with Crippen LogP contribution >= 0.6 is 34.5 Å². The summed E-state index contributed by atoms with van der Waals surface area (Å²) in [7, 11) is 0. The molecule has 34 heavy (non-hydrogen) atoms. The van der Waals surface area contributed by atoms with Gasteiger partial charge in [0, 0.05) is 21.3 Å².